The molecule has 2 aromatic carbocycles. The van der Waals surface area contributed by atoms with E-state index in [4.69, 9.17) is 4.74 Å². The number of amides is 1. The fourth-order valence-electron chi connectivity index (χ4n) is 3.01. The van der Waals surface area contributed by atoms with Gasteiger partial charge in [0, 0.05) is 12.0 Å². The third-order valence-corrected chi connectivity index (χ3v) is 4.62. The average molecular weight is 369 g/mol. The lowest BCUT2D eigenvalue weighted by Crippen LogP contribution is -2.42. The van der Waals surface area contributed by atoms with E-state index in [1.807, 2.05) is 68.4 Å². The van der Waals surface area contributed by atoms with Crippen LogP contribution in [0.5, 0.6) is 5.75 Å². The Kier molecular flexibility index (Phi) is 6.99. The fourth-order valence-corrected chi connectivity index (χ4v) is 3.01. The van der Waals surface area contributed by atoms with E-state index in [1.54, 1.807) is 7.11 Å². The Morgan fingerprint density at radius 2 is 1.70 bits per heavy atom. The number of carboxylic acid groups (broad SMARTS) is 1. The molecule has 2 rings (SSSR count). The van der Waals surface area contributed by atoms with Gasteiger partial charge in [0.05, 0.1) is 13.0 Å². The number of hydrogen-bond acceptors (Lipinski definition) is 3. The van der Waals surface area contributed by atoms with Gasteiger partial charge in [0.25, 0.3) is 0 Å². The van der Waals surface area contributed by atoms with Gasteiger partial charge in [-0.1, -0.05) is 62.4 Å². The Morgan fingerprint density at radius 3 is 2.33 bits per heavy atom. The first kappa shape index (κ1) is 20.5. The monoisotopic (exact) mass is 369 g/mol. The van der Waals surface area contributed by atoms with Gasteiger partial charge in [-0.15, -0.1) is 0 Å². The number of nitrogens with one attached hydrogen (secondary N) is 1. The van der Waals surface area contributed by atoms with E-state index in [9.17, 15) is 14.7 Å². The lowest BCUT2D eigenvalue weighted by Gasteiger charge is -2.25. The van der Waals surface area contributed by atoms with Crippen molar-refractivity contribution in [2.24, 2.45) is 11.3 Å². The van der Waals surface area contributed by atoms with Crippen LogP contribution < -0.4 is 10.1 Å². The molecule has 1 unspecified atom stereocenters. The summed E-state index contributed by atoms with van der Waals surface area (Å²) in [5, 5.41) is 12.3. The standard InChI is InChI=1S/C22H27NO4/c1-22(2,14-17-11-7-8-12-19(17)27-3)21(26)23-15-18(20(24)25)13-16-9-5-4-6-10-16/h4-12,18H,13-15H2,1-3H3,(H,23,26)(H,24,25). The Hall–Kier alpha value is -2.82. The number of rotatable bonds is 9. The number of hydrogen-bond donors (Lipinski definition) is 2. The van der Waals surface area contributed by atoms with Crippen molar-refractivity contribution in [3.63, 3.8) is 0 Å². The van der Waals surface area contributed by atoms with Crippen molar-refractivity contribution in [1.29, 1.82) is 0 Å². The summed E-state index contributed by atoms with van der Waals surface area (Å²) in [4.78, 5) is 24.3. The van der Waals surface area contributed by atoms with Gasteiger partial charge in [-0.25, -0.2) is 0 Å². The highest BCUT2D eigenvalue weighted by Gasteiger charge is 2.30. The van der Waals surface area contributed by atoms with Crippen LogP contribution in [0.15, 0.2) is 54.6 Å². The second-order valence-electron chi connectivity index (χ2n) is 7.31. The van der Waals surface area contributed by atoms with Crippen molar-refractivity contribution in [3.8, 4) is 5.75 Å². The Labute approximate surface area is 160 Å². The average Bonchev–Trinajstić information content (AvgIpc) is 2.65. The lowest BCUT2D eigenvalue weighted by atomic mass is 9.84. The van der Waals surface area contributed by atoms with Crippen LogP contribution in [-0.2, 0) is 22.4 Å². The molecule has 0 heterocycles. The molecule has 2 N–H and O–H groups in total. The van der Waals surface area contributed by atoms with Crippen LogP contribution in [0.1, 0.15) is 25.0 Å². The molecular formula is C22H27NO4. The number of methoxy groups -OCH3 is 1. The molecule has 27 heavy (non-hydrogen) atoms. The molecule has 5 nitrogen and oxygen atoms in total. The maximum atomic E-state index is 12.7. The van der Waals surface area contributed by atoms with Crippen molar-refractivity contribution in [3.05, 3.63) is 65.7 Å². The molecule has 0 aliphatic heterocycles. The fraction of sp³-hybridized carbons (Fsp3) is 0.364. The predicted octanol–water partition coefficient (Wildman–Crippen LogP) is 3.32. The Morgan fingerprint density at radius 1 is 1.07 bits per heavy atom. The third kappa shape index (κ3) is 5.84. The molecule has 0 spiro atoms. The lowest BCUT2D eigenvalue weighted by molar-refractivity contribution is -0.141. The minimum atomic E-state index is -0.915. The van der Waals surface area contributed by atoms with Gasteiger partial charge < -0.3 is 15.2 Å². The Balaban J connectivity index is 2.00. The number of benzene rings is 2. The molecule has 0 fully saturated rings. The topological polar surface area (TPSA) is 75.6 Å². The summed E-state index contributed by atoms with van der Waals surface area (Å²) in [5.41, 5.74) is 1.19. The highest BCUT2D eigenvalue weighted by atomic mass is 16.5. The van der Waals surface area contributed by atoms with Crippen molar-refractivity contribution < 1.29 is 19.4 Å². The largest absolute Gasteiger partial charge is 0.496 e. The van der Waals surface area contributed by atoms with E-state index in [1.165, 1.54) is 0 Å². The first-order valence-corrected chi connectivity index (χ1v) is 9.00. The highest BCUT2D eigenvalue weighted by Crippen LogP contribution is 2.28. The van der Waals surface area contributed by atoms with E-state index in [2.05, 4.69) is 5.32 Å². The highest BCUT2D eigenvalue weighted by molar-refractivity contribution is 5.83. The summed E-state index contributed by atoms with van der Waals surface area (Å²) in [6.07, 6.45) is 0.878. The van der Waals surface area contributed by atoms with E-state index < -0.39 is 17.3 Å². The SMILES string of the molecule is COc1ccccc1CC(C)(C)C(=O)NCC(Cc1ccccc1)C(=O)O. The van der Waals surface area contributed by atoms with Crippen LogP contribution in [0, 0.1) is 11.3 Å². The van der Waals surface area contributed by atoms with Gasteiger partial charge in [0.15, 0.2) is 0 Å². The second-order valence-corrected chi connectivity index (χ2v) is 7.31. The van der Waals surface area contributed by atoms with Crippen LogP contribution in [0.4, 0.5) is 0 Å². The van der Waals surface area contributed by atoms with Crippen LogP contribution in [0.2, 0.25) is 0 Å². The quantitative estimate of drug-likeness (QED) is 0.711. The van der Waals surface area contributed by atoms with Gasteiger partial charge >= 0.3 is 5.97 Å². The number of carbonyl (C=O) groups excluding carboxylic acids is 1. The summed E-state index contributed by atoms with van der Waals surface area (Å²) in [5.74, 6) is -1.02. The molecule has 1 atom stereocenters. The van der Waals surface area contributed by atoms with Crippen LogP contribution in [0.3, 0.4) is 0 Å². The van der Waals surface area contributed by atoms with Crippen LogP contribution in [-0.4, -0.2) is 30.6 Å². The molecule has 0 saturated carbocycles. The van der Waals surface area contributed by atoms with Crippen molar-refractivity contribution in [2.45, 2.75) is 26.7 Å². The zero-order valence-electron chi connectivity index (χ0n) is 16.1. The van der Waals surface area contributed by atoms with E-state index in [0.29, 0.717) is 12.8 Å². The first-order valence-electron chi connectivity index (χ1n) is 9.00. The van der Waals surface area contributed by atoms with Crippen molar-refractivity contribution in [2.75, 3.05) is 13.7 Å². The first-order chi connectivity index (χ1) is 12.8. The number of ether oxygens (including phenoxy) is 1. The van der Waals surface area contributed by atoms with Crippen molar-refractivity contribution >= 4 is 11.9 Å². The zero-order valence-corrected chi connectivity index (χ0v) is 16.1. The van der Waals surface area contributed by atoms with Crippen molar-refractivity contribution in [1.82, 2.24) is 5.32 Å². The molecule has 5 heteroatoms. The number of para-hydroxylation sites is 1. The second kappa shape index (κ2) is 9.21. The van der Waals surface area contributed by atoms with Gasteiger partial charge in [-0.05, 0) is 30.0 Å². The summed E-state index contributed by atoms with van der Waals surface area (Å²) in [6.45, 7) is 3.79. The zero-order chi connectivity index (χ0) is 19.9. The van der Waals surface area contributed by atoms with E-state index >= 15 is 0 Å². The minimum Gasteiger partial charge on any atom is -0.496 e. The molecular weight excluding hydrogens is 342 g/mol. The smallest absolute Gasteiger partial charge is 0.308 e. The van der Waals surface area contributed by atoms with Gasteiger partial charge in [-0.3, -0.25) is 9.59 Å². The number of carbonyl (C=O) groups is 2. The van der Waals surface area contributed by atoms with E-state index in [-0.39, 0.29) is 12.5 Å². The molecule has 0 aromatic heterocycles. The molecule has 0 aliphatic rings. The third-order valence-electron chi connectivity index (χ3n) is 4.62. The van der Waals surface area contributed by atoms with E-state index in [0.717, 1.165) is 16.9 Å². The maximum absolute atomic E-state index is 12.7. The van der Waals surface area contributed by atoms with Gasteiger partial charge in [-0.2, -0.15) is 0 Å². The van der Waals surface area contributed by atoms with Gasteiger partial charge in [0.1, 0.15) is 5.75 Å². The maximum Gasteiger partial charge on any atom is 0.308 e. The molecule has 0 radical (unpaired) electrons. The van der Waals surface area contributed by atoms with Crippen LogP contribution >= 0.6 is 0 Å². The number of carboxylic acids is 1. The molecule has 1 amide bonds. The normalized spacial score (nSPS) is 12.3. The molecule has 0 bridgehead atoms. The number of aliphatic carboxylic acids is 1. The summed E-state index contributed by atoms with van der Waals surface area (Å²) in [6, 6.07) is 17.0. The summed E-state index contributed by atoms with van der Waals surface area (Å²) >= 11 is 0. The molecule has 144 valence electrons. The molecule has 2 aromatic rings. The van der Waals surface area contributed by atoms with Gasteiger partial charge in [0.2, 0.25) is 5.91 Å². The Bertz CT molecular complexity index is 771. The summed E-state index contributed by atoms with van der Waals surface area (Å²) in [7, 11) is 1.60. The van der Waals surface area contributed by atoms with Crippen LogP contribution in [0.25, 0.3) is 0 Å². The molecule has 0 saturated heterocycles. The summed E-state index contributed by atoms with van der Waals surface area (Å²) < 4.78 is 5.36. The molecule has 0 aliphatic carbocycles. The predicted molar refractivity (Wildman–Crippen MR) is 105 cm³/mol. The minimum absolute atomic E-state index is 0.0957.